The van der Waals surface area contributed by atoms with Gasteiger partial charge in [0.25, 0.3) is 5.91 Å². The molecular formula is C19H22N2O4. The number of aliphatic carboxylic acids is 1. The fraction of sp³-hybridized carbons (Fsp3) is 0.263. The van der Waals surface area contributed by atoms with Crippen molar-refractivity contribution in [3.8, 4) is 0 Å². The Bertz CT molecular complexity index is 746. The molecule has 1 amide bonds. The number of carbonyl (C=O) groups is 2. The number of aliphatic hydroxyl groups excluding tert-OH is 1. The van der Waals surface area contributed by atoms with Crippen LogP contribution < -0.4 is 10.6 Å². The summed E-state index contributed by atoms with van der Waals surface area (Å²) in [7, 11) is 0. The Hall–Kier alpha value is -2.86. The van der Waals surface area contributed by atoms with Gasteiger partial charge in [-0.2, -0.15) is 0 Å². The quantitative estimate of drug-likeness (QED) is 0.588. The normalized spacial score (nSPS) is 11.6. The maximum absolute atomic E-state index is 12.1. The number of aliphatic hydroxyl groups is 1. The van der Waals surface area contributed by atoms with Gasteiger partial charge in [-0.25, -0.2) is 4.79 Å². The van der Waals surface area contributed by atoms with Gasteiger partial charge in [0, 0.05) is 17.8 Å². The second kappa shape index (κ2) is 8.84. The van der Waals surface area contributed by atoms with E-state index in [-0.39, 0.29) is 0 Å². The van der Waals surface area contributed by atoms with Crippen LogP contribution in [0.4, 0.5) is 5.69 Å². The zero-order valence-electron chi connectivity index (χ0n) is 14.0. The SMILES string of the molecule is CCc1ccccc1NCc1cccc(C(=O)NC(CO)C(=O)O)c1. The van der Waals surface area contributed by atoms with Crippen molar-refractivity contribution in [2.24, 2.45) is 0 Å². The number of para-hydroxylation sites is 1. The Morgan fingerprint density at radius 2 is 1.88 bits per heavy atom. The first kappa shape index (κ1) is 18.5. The summed E-state index contributed by atoms with van der Waals surface area (Å²) in [5.41, 5.74) is 3.51. The Labute approximate surface area is 146 Å². The lowest BCUT2D eigenvalue weighted by atomic mass is 10.1. The van der Waals surface area contributed by atoms with Crippen LogP contribution in [0, 0.1) is 0 Å². The smallest absolute Gasteiger partial charge is 0.328 e. The van der Waals surface area contributed by atoms with Gasteiger partial charge in [-0.15, -0.1) is 0 Å². The summed E-state index contributed by atoms with van der Waals surface area (Å²) >= 11 is 0. The summed E-state index contributed by atoms with van der Waals surface area (Å²) in [5.74, 6) is -1.80. The highest BCUT2D eigenvalue weighted by Gasteiger charge is 2.19. The highest BCUT2D eigenvalue weighted by Crippen LogP contribution is 2.17. The summed E-state index contributed by atoms with van der Waals surface area (Å²) in [4.78, 5) is 23.0. The number of hydrogen-bond donors (Lipinski definition) is 4. The molecule has 4 N–H and O–H groups in total. The maximum atomic E-state index is 12.1. The number of nitrogens with one attached hydrogen (secondary N) is 2. The number of rotatable bonds is 8. The van der Waals surface area contributed by atoms with Gasteiger partial charge in [0.1, 0.15) is 0 Å². The average Bonchev–Trinajstić information content (AvgIpc) is 2.64. The molecule has 0 aromatic heterocycles. The zero-order valence-corrected chi connectivity index (χ0v) is 14.0. The van der Waals surface area contributed by atoms with Crippen LogP contribution in [0.2, 0.25) is 0 Å². The zero-order chi connectivity index (χ0) is 18.2. The first-order valence-electron chi connectivity index (χ1n) is 8.10. The molecule has 6 nitrogen and oxygen atoms in total. The molecule has 6 heteroatoms. The van der Waals surface area contributed by atoms with E-state index in [2.05, 4.69) is 23.6 Å². The van der Waals surface area contributed by atoms with Crippen molar-refractivity contribution in [2.75, 3.05) is 11.9 Å². The summed E-state index contributed by atoms with van der Waals surface area (Å²) < 4.78 is 0. The van der Waals surface area contributed by atoms with Crippen molar-refractivity contribution < 1.29 is 19.8 Å². The fourth-order valence-corrected chi connectivity index (χ4v) is 2.45. The minimum absolute atomic E-state index is 0.350. The van der Waals surface area contributed by atoms with E-state index >= 15 is 0 Å². The molecule has 0 bridgehead atoms. The van der Waals surface area contributed by atoms with Crippen LogP contribution in [0.1, 0.15) is 28.4 Å². The highest BCUT2D eigenvalue weighted by atomic mass is 16.4. The summed E-state index contributed by atoms with van der Waals surface area (Å²) in [5, 5.41) is 23.5. The molecule has 132 valence electrons. The molecule has 0 aliphatic carbocycles. The van der Waals surface area contributed by atoms with E-state index < -0.39 is 24.5 Å². The number of aryl methyl sites for hydroxylation is 1. The third kappa shape index (κ3) is 5.06. The maximum Gasteiger partial charge on any atom is 0.328 e. The Balaban J connectivity index is 2.05. The molecule has 1 atom stereocenters. The van der Waals surface area contributed by atoms with Crippen LogP contribution in [-0.2, 0) is 17.8 Å². The minimum Gasteiger partial charge on any atom is -0.480 e. The van der Waals surface area contributed by atoms with Crippen LogP contribution in [-0.4, -0.2) is 34.7 Å². The number of benzene rings is 2. The lowest BCUT2D eigenvalue weighted by Gasteiger charge is -2.13. The minimum atomic E-state index is -1.31. The van der Waals surface area contributed by atoms with Gasteiger partial charge in [-0.3, -0.25) is 4.79 Å². The van der Waals surface area contributed by atoms with E-state index in [1.807, 2.05) is 24.3 Å². The highest BCUT2D eigenvalue weighted by molar-refractivity contribution is 5.96. The summed E-state index contributed by atoms with van der Waals surface area (Å²) in [6.45, 7) is 1.97. The Morgan fingerprint density at radius 3 is 2.56 bits per heavy atom. The molecular weight excluding hydrogens is 320 g/mol. The second-order valence-electron chi connectivity index (χ2n) is 5.61. The van der Waals surface area contributed by atoms with Gasteiger partial charge in [-0.1, -0.05) is 37.3 Å². The Morgan fingerprint density at radius 1 is 1.12 bits per heavy atom. The predicted octanol–water partition coefficient (Wildman–Crippen LogP) is 2.04. The third-order valence-electron chi connectivity index (χ3n) is 3.86. The van der Waals surface area contributed by atoms with Crippen LogP contribution in [0.5, 0.6) is 0 Å². The number of carboxylic acids is 1. The van der Waals surface area contributed by atoms with Crippen molar-refractivity contribution in [1.82, 2.24) is 5.32 Å². The molecule has 0 saturated carbocycles. The van der Waals surface area contributed by atoms with E-state index in [9.17, 15) is 9.59 Å². The molecule has 25 heavy (non-hydrogen) atoms. The van der Waals surface area contributed by atoms with Crippen molar-refractivity contribution in [1.29, 1.82) is 0 Å². The lowest BCUT2D eigenvalue weighted by molar-refractivity contribution is -0.140. The molecule has 0 heterocycles. The number of carbonyl (C=O) groups excluding carboxylic acids is 1. The van der Waals surface area contributed by atoms with E-state index in [1.165, 1.54) is 5.56 Å². The first-order valence-corrected chi connectivity index (χ1v) is 8.10. The van der Waals surface area contributed by atoms with Gasteiger partial charge in [-0.05, 0) is 35.7 Å². The molecule has 1 unspecified atom stereocenters. The van der Waals surface area contributed by atoms with E-state index in [0.717, 1.165) is 17.7 Å². The van der Waals surface area contributed by atoms with Gasteiger partial charge in [0.2, 0.25) is 0 Å². The van der Waals surface area contributed by atoms with Gasteiger partial charge >= 0.3 is 5.97 Å². The topological polar surface area (TPSA) is 98.7 Å². The predicted molar refractivity (Wildman–Crippen MR) is 95.6 cm³/mol. The van der Waals surface area contributed by atoms with E-state index in [1.54, 1.807) is 18.2 Å². The van der Waals surface area contributed by atoms with Gasteiger partial charge < -0.3 is 20.8 Å². The standard InChI is InChI=1S/C19H22N2O4/c1-2-14-7-3-4-9-16(14)20-11-13-6-5-8-15(10-13)18(23)21-17(12-22)19(24)25/h3-10,17,20,22H,2,11-12H2,1H3,(H,21,23)(H,24,25). The first-order chi connectivity index (χ1) is 12.0. The van der Waals surface area contributed by atoms with Crippen molar-refractivity contribution >= 4 is 17.6 Å². The second-order valence-corrected chi connectivity index (χ2v) is 5.61. The number of hydrogen-bond acceptors (Lipinski definition) is 4. The van der Waals surface area contributed by atoms with Crippen molar-refractivity contribution in [2.45, 2.75) is 25.9 Å². The van der Waals surface area contributed by atoms with E-state index in [4.69, 9.17) is 10.2 Å². The molecule has 0 aliphatic rings. The molecule has 0 radical (unpaired) electrons. The molecule has 0 spiro atoms. The number of carboxylic acid groups (broad SMARTS) is 1. The molecule has 2 aromatic carbocycles. The van der Waals surface area contributed by atoms with Crippen LogP contribution >= 0.6 is 0 Å². The summed E-state index contributed by atoms with van der Waals surface area (Å²) in [6.07, 6.45) is 0.920. The van der Waals surface area contributed by atoms with Gasteiger partial charge in [0.05, 0.1) is 6.61 Å². The average molecular weight is 342 g/mol. The molecule has 0 fully saturated rings. The van der Waals surface area contributed by atoms with Crippen LogP contribution in [0.3, 0.4) is 0 Å². The molecule has 0 aliphatic heterocycles. The largest absolute Gasteiger partial charge is 0.480 e. The lowest BCUT2D eigenvalue weighted by Crippen LogP contribution is -2.43. The summed E-state index contributed by atoms with van der Waals surface area (Å²) in [6, 6.07) is 13.7. The van der Waals surface area contributed by atoms with E-state index in [0.29, 0.717) is 12.1 Å². The monoisotopic (exact) mass is 342 g/mol. The number of amides is 1. The van der Waals surface area contributed by atoms with Crippen molar-refractivity contribution in [3.63, 3.8) is 0 Å². The fourth-order valence-electron chi connectivity index (χ4n) is 2.45. The molecule has 0 saturated heterocycles. The third-order valence-corrected chi connectivity index (χ3v) is 3.86. The van der Waals surface area contributed by atoms with Gasteiger partial charge in [0.15, 0.2) is 6.04 Å². The molecule has 2 rings (SSSR count). The Kier molecular flexibility index (Phi) is 6.54. The van der Waals surface area contributed by atoms with Crippen molar-refractivity contribution in [3.05, 3.63) is 65.2 Å². The molecule has 2 aromatic rings. The van der Waals surface area contributed by atoms with Crippen LogP contribution in [0.25, 0.3) is 0 Å². The van der Waals surface area contributed by atoms with Crippen LogP contribution in [0.15, 0.2) is 48.5 Å². The number of anilines is 1.